The van der Waals surface area contributed by atoms with E-state index in [1.165, 1.54) is 6.08 Å². The van der Waals surface area contributed by atoms with Gasteiger partial charge in [0.2, 0.25) is 0 Å². The number of ketones is 1. The summed E-state index contributed by atoms with van der Waals surface area (Å²) in [6, 6.07) is 0.726. The third-order valence-corrected chi connectivity index (χ3v) is 5.52. The molecule has 0 aliphatic carbocycles. The van der Waals surface area contributed by atoms with Gasteiger partial charge < -0.3 is 13.3 Å². The number of carbonyl (C=O) groups is 1. The second-order valence-electron chi connectivity index (χ2n) is 3.67. The van der Waals surface area contributed by atoms with Crippen LogP contribution >= 0.6 is 0 Å². The molecule has 0 aromatic carbocycles. The van der Waals surface area contributed by atoms with Crippen molar-refractivity contribution >= 4 is 14.6 Å². The van der Waals surface area contributed by atoms with E-state index in [-0.39, 0.29) is 5.78 Å². The molecule has 0 N–H and O–H groups in total. The van der Waals surface area contributed by atoms with Gasteiger partial charge in [0.15, 0.2) is 5.78 Å². The Kier molecular flexibility index (Phi) is 8.33. The first-order chi connectivity index (χ1) is 8.05. The van der Waals surface area contributed by atoms with E-state index in [1.54, 1.807) is 6.92 Å². The van der Waals surface area contributed by atoms with Crippen LogP contribution in [0.15, 0.2) is 12.7 Å². The largest absolute Gasteiger partial charge is 0.501 e. The minimum atomic E-state index is -2.71. The molecule has 0 spiro atoms. The zero-order valence-corrected chi connectivity index (χ0v) is 12.3. The van der Waals surface area contributed by atoms with Gasteiger partial charge in [0.25, 0.3) is 0 Å². The van der Waals surface area contributed by atoms with Gasteiger partial charge in [-0.25, -0.2) is 0 Å². The van der Waals surface area contributed by atoms with Crippen molar-refractivity contribution in [3.8, 4) is 0 Å². The van der Waals surface area contributed by atoms with Gasteiger partial charge in [0.1, 0.15) is 6.10 Å². The van der Waals surface area contributed by atoms with Crippen molar-refractivity contribution < 1.29 is 18.1 Å². The predicted octanol–water partition coefficient (Wildman–Crippen LogP) is 2.57. The second-order valence-corrected chi connectivity index (χ2v) is 6.34. The summed E-state index contributed by atoms with van der Waals surface area (Å²) < 4.78 is 17.2. The van der Waals surface area contributed by atoms with Crippen LogP contribution in [-0.2, 0) is 18.1 Å². The van der Waals surface area contributed by atoms with Crippen molar-refractivity contribution in [3.05, 3.63) is 12.7 Å². The van der Waals surface area contributed by atoms with Crippen molar-refractivity contribution in [1.29, 1.82) is 0 Å². The van der Waals surface area contributed by atoms with E-state index in [2.05, 4.69) is 6.58 Å². The molecule has 0 bridgehead atoms. The van der Waals surface area contributed by atoms with E-state index in [1.807, 2.05) is 20.8 Å². The lowest BCUT2D eigenvalue weighted by molar-refractivity contribution is -0.122. The Hall–Kier alpha value is -0.493. The molecule has 0 aliphatic rings. The van der Waals surface area contributed by atoms with Gasteiger partial charge in [-0.3, -0.25) is 4.79 Å². The van der Waals surface area contributed by atoms with Crippen molar-refractivity contribution in [3.63, 3.8) is 0 Å². The number of hydrogen-bond donors (Lipinski definition) is 0. The Bertz CT molecular complexity index is 226. The maximum Gasteiger partial charge on any atom is 0.501 e. The maximum absolute atomic E-state index is 11.5. The number of carbonyl (C=O) groups excluding carboxylic acids is 1. The summed E-state index contributed by atoms with van der Waals surface area (Å²) in [6.45, 7) is 12.1. The average Bonchev–Trinajstić information content (AvgIpc) is 2.28. The van der Waals surface area contributed by atoms with Crippen LogP contribution in [0.25, 0.3) is 0 Å². The maximum atomic E-state index is 11.5. The number of hydrogen-bond acceptors (Lipinski definition) is 4. The van der Waals surface area contributed by atoms with Gasteiger partial charge in [-0.05, 0) is 26.8 Å². The molecule has 1 unspecified atom stereocenters. The van der Waals surface area contributed by atoms with Crippen molar-refractivity contribution in [1.82, 2.24) is 0 Å². The Morgan fingerprint density at radius 3 is 2.18 bits per heavy atom. The Labute approximate surface area is 105 Å². The molecule has 4 nitrogen and oxygen atoms in total. The van der Waals surface area contributed by atoms with E-state index in [0.29, 0.717) is 13.2 Å². The van der Waals surface area contributed by atoms with Gasteiger partial charge in [-0.1, -0.05) is 19.9 Å². The van der Waals surface area contributed by atoms with Crippen LogP contribution in [0.3, 0.4) is 0 Å². The highest BCUT2D eigenvalue weighted by atomic mass is 28.4. The van der Waals surface area contributed by atoms with E-state index in [4.69, 9.17) is 13.3 Å². The molecule has 0 aromatic heterocycles. The topological polar surface area (TPSA) is 44.8 Å². The molecule has 0 saturated heterocycles. The SMILES string of the molecule is C=CC(=O)C(C)O[Si](CCC)(OCC)OCC. The molecule has 0 heterocycles. The molecular formula is C12H24O4Si. The Balaban J connectivity index is 4.74. The molecule has 0 aliphatic heterocycles. The van der Waals surface area contributed by atoms with Crippen LogP contribution in [-0.4, -0.2) is 33.9 Å². The molecule has 0 aromatic rings. The number of rotatable bonds is 10. The molecule has 0 saturated carbocycles. The van der Waals surface area contributed by atoms with Crippen LogP contribution in [0.1, 0.15) is 34.1 Å². The molecule has 0 amide bonds. The predicted molar refractivity (Wildman–Crippen MR) is 69.9 cm³/mol. The average molecular weight is 260 g/mol. The molecule has 0 fully saturated rings. The zero-order valence-electron chi connectivity index (χ0n) is 11.3. The third kappa shape index (κ3) is 5.58. The minimum Gasteiger partial charge on any atom is -0.374 e. The molecule has 5 heteroatoms. The minimum absolute atomic E-state index is 0.141. The van der Waals surface area contributed by atoms with Crippen molar-refractivity contribution in [2.24, 2.45) is 0 Å². The highest BCUT2D eigenvalue weighted by molar-refractivity contribution is 6.61. The van der Waals surface area contributed by atoms with E-state index >= 15 is 0 Å². The summed E-state index contributed by atoms with van der Waals surface area (Å²) in [5.74, 6) is -0.141. The van der Waals surface area contributed by atoms with Crippen LogP contribution in [0.2, 0.25) is 6.04 Å². The van der Waals surface area contributed by atoms with E-state index < -0.39 is 14.9 Å². The first-order valence-corrected chi connectivity index (χ1v) is 8.10. The van der Waals surface area contributed by atoms with Crippen LogP contribution < -0.4 is 0 Å². The molecular weight excluding hydrogens is 236 g/mol. The molecule has 100 valence electrons. The van der Waals surface area contributed by atoms with E-state index in [0.717, 1.165) is 12.5 Å². The van der Waals surface area contributed by atoms with E-state index in [9.17, 15) is 4.79 Å². The fourth-order valence-corrected chi connectivity index (χ4v) is 4.33. The third-order valence-electron chi connectivity index (χ3n) is 2.24. The van der Waals surface area contributed by atoms with Crippen molar-refractivity contribution in [2.45, 2.75) is 46.3 Å². The lowest BCUT2D eigenvalue weighted by Gasteiger charge is -2.30. The normalized spacial score (nSPS) is 13.4. The lowest BCUT2D eigenvalue weighted by atomic mass is 10.3. The Morgan fingerprint density at radius 2 is 1.82 bits per heavy atom. The lowest BCUT2D eigenvalue weighted by Crippen LogP contribution is -2.49. The van der Waals surface area contributed by atoms with Gasteiger partial charge in [-0.2, -0.15) is 0 Å². The van der Waals surface area contributed by atoms with Crippen LogP contribution in [0, 0.1) is 0 Å². The zero-order chi connectivity index (χ0) is 13.3. The smallest absolute Gasteiger partial charge is 0.374 e. The fraction of sp³-hybridized carbons (Fsp3) is 0.750. The van der Waals surface area contributed by atoms with Crippen LogP contribution in [0.5, 0.6) is 0 Å². The first kappa shape index (κ1) is 16.5. The monoisotopic (exact) mass is 260 g/mol. The summed E-state index contributed by atoms with van der Waals surface area (Å²) in [5, 5.41) is 0. The first-order valence-electron chi connectivity index (χ1n) is 6.17. The highest BCUT2D eigenvalue weighted by Crippen LogP contribution is 2.20. The fourth-order valence-electron chi connectivity index (χ4n) is 1.55. The van der Waals surface area contributed by atoms with Gasteiger partial charge >= 0.3 is 8.80 Å². The molecule has 1 atom stereocenters. The van der Waals surface area contributed by atoms with Gasteiger partial charge in [0.05, 0.1) is 0 Å². The quantitative estimate of drug-likeness (QED) is 0.447. The molecule has 17 heavy (non-hydrogen) atoms. The van der Waals surface area contributed by atoms with Gasteiger partial charge in [-0.15, -0.1) is 0 Å². The highest BCUT2D eigenvalue weighted by Gasteiger charge is 2.42. The van der Waals surface area contributed by atoms with Crippen molar-refractivity contribution in [2.75, 3.05) is 13.2 Å². The van der Waals surface area contributed by atoms with Gasteiger partial charge in [0, 0.05) is 19.3 Å². The molecule has 0 rings (SSSR count). The Morgan fingerprint density at radius 1 is 1.29 bits per heavy atom. The standard InChI is InChI=1S/C12H24O4Si/c1-6-10-17(14-8-3,15-9-4)16-11(5)12(13)7-2/h7,11H,2,6,8-10H2,1,3-5H3. The molecule has 0 radical (unpaired) electrons. The summed E-state index contributed by atoms with van der Waals surface area (Å²) in [4.78, 5) is 11.5. The summed E-state index contributed by atoms with van der Waals surface area (Å²) in [5.41, 5.74) is 0. The second kappa shape index (κ2) is 8.58. The summed E-state index contributed by atoms with van der Waals surface area (Å²) >= 11 is 0. The van der Waals surface area contributed by atoms with Crippen LogP contribution in [0.4, 0.5) is 0 Å². The summed E-state index contributed by atoms with van der Waals surface area (Å²) in [6.07, 6.45) is 1.62. The summed E-state index contributed by atoms with van der Waals surface area (Å²) in [7, 11) is -2.71.